The molecule has 1 aromatic heterocycles. The topological polar surface area (TPSA) is 42.2 Å². The summed E-state index contributed by atoms with van der Waals surface area (Å²) in [5.41, 5.74) is 3.78. The molecule has 1 aromatic carbocycles. The van der Waals surface area contributed by atoms with Gasteiger partial charge < -0.3 is 9.73 Å². The highest BCUT2D eigenvalue weighted by Crippen LogP contribution is 2.21. The molecule has 0 aliphatic heterocycles. The van der Waals surface area contributed by atoms with Crippen molar-refractivity contribution in [3.8, 4) is 0 Å². The quantitative estimate of drug-likeness (QED) is 0.920. The molecule has 0 spiro atoms. The van der Waals surface area contributed by atoms with Crippen LogP contribution in [0.4, 0.5) is 0 Å². The van der Waals surface area contributed by atoms with E-state index < -0.39 is 0 Å². The van der Waals surface area contributed by atoms with Crippen molar-refractivity contribution >= 4 is 17.5 Å². The molecule has 1 N–H and O–H groups in total. The number of aryl methyl sites for hydroxylation is 2. The van der Waals surface area contributed by atoms with E-state index in [9.17, 15) is 4.79 Å². The van der Waals surface area contributed by atoms with Gasteiger partial charge in [-0.05, 0) is 49.6 Å². The summed E-state index contributed by atoms with van der Waals surface area (Å²) in [6.45, 7) is 6.01. The fourth-order valence-electron chi connectivity index (χ4n) is 2.03. The van der Waals surface area contributed by atoms with Gasteiger partial charge in [0.25, 0.3) is 5.91 Å². The minimum Gasteiger partial charge on any atom is -0.452 e. The van der Waals surface area contributed by atoms with Gasteiger partial charge in [-0.15, -0.1) is 0 Å². The molecule has 0 aliphatic rings. The number of amides is 1. The second-order valence-corrected chi connectivity index (χ2v) is 5.01. The molecule has 1 amide bonds. The van der Waals surface area contributed by atoms with E-state index in [2.05, 4.69) is 23.5 Å². The normalized spacial score (nSPS) is 12.2. The number of hydrogen-bond acceptors (Lipinski definition) is 2. The van der Waals surface area contributed by atoms with E-state index in [1.807, 2.05) is 20.8 Å². The largest absolute Gasteiger partial charge is 0.452 e. The van der Waals surface area contributed by atoms with Gasteiger partial charge in [-0.1, -0.05) is 23.8 Å². The number of carbonyl (C=O) groups is 1. The maximum atomic E-state index is 12.1. The molecular formula is C15H16ClNO2. The third kappa shape index (κ3) is 2.99. The van der Waals surface area contributed by atoms with Gasteiger partial charge >= 0.3 is 0 Å². The number of hydrogen-bond donors (Lipinski definition) is 1. The number of nitrogens with one attached hydrogen (secondary N) is 1. The lowest BCUT2D eigenvalue weighted by molar-refractivity contribution is 0.0939. The lowest BCUT2D eigenvalue weighted by Crippen LogP contribution is -2.27. The van der Waals surface area contributed by atoms with Crippen LogP contribution in [0.3, 0.4) is 0 Å². The summed E-state index contributed by atoms with van der Waals surface area (Å²) in [6.07, 6.45) is 1.40. The Kier molecular flexibility index (Phi) is 3.96. The van der Waals surface area contributed by atoms with E-state index in [0.717, 1.165) is 11.1 Å². The zero-order valence-corrected chi connectivity index (χ0v) is 11.9. The fourth-order valence-corrected chi connectivity index (χ4v) is 2.23. The van der Waals surface area contributed by atoms with Gasteiger partial charge in [0.1, 0.15) is 0 Å². The number of carbonyl (C=O) groups excluding carboxylic acids is 1. The molecule has 0 saturated carbocycles. The van der Waals surface area contributed by atoms with Gasteiger partial charge in [0.05, 0.1) is 17.9 Å². The van der Waals surface area contributed by atoms with Crippen LogP contribution in [0.15, 0.2) is 34.9 Å². The first-order chi connectivity index (χ1) is 8.99. The van der Waals surface area contributed by atoms with E-state index in [1.165, 1.54) is 11.8 Å². The lowest BCUT2D eigenvalue weighted by atomic mass is 10.00. The molecule has 1 unspecified atom stereocenters. The Morgan fingerprint density at radius 1 is 1.32 bits per heavy atom. The van der Waals surface area contributed by atoms with Gasteiger partial charge in [-0.2, -0.15) is 0 Å². The average Bonchev–Trinajstić information content (AvgIpc) is 2.78. The van der Waals surface area contributed by atoms with Crippen molar-refractivity contribution in [1.82, 2.24) is 5.32 Å². The third-order valence-electron chi connectivity index (χ3n) is 3.11. The first-order valence-electron chi connectivity index (χ1n) is 6.10. The van der Waals surface area contributed by atoms with Crippen LogP contribution in [0, 0.1) is 13.8 Å². The monoisotopic (exact) mass is 277 g/mol. The van der Waals surface area contributed by atoms with Crippen molar-refractivity contribution in [3.63, 3.8) is 0 Å². The Morgan fingerprint density at radius 2 is 2.05 bits per heavy atom. The smallest absolute Gasteiger partial charge is 0.256 e. The fraction of sp³-hybridized carbons (Fsp3) is 0.267. The summed E-state index contributed by atoms with van der Waals surface area (Å²) < 4.78 is 4.92. The van der Waals surface area contributed by atoms with E-state index in [-0.39, 0.29) is 17.2 Å². The molecular weight excluding hydrogens is 262 g/mol. The molecule has 0 saturated heterocycles. The number of rotatable bonds is 3. The number of benzene rings is 1. The molecule has 19 heavy (non-hydrogen) atoms. The highest BCUT2D eigenvalue weighted by Gasteiger charge is 2.17. The molecule has 0 radical (unpaired) electrons. The second kappa shape index (κ2) is 5.49. The molecule has 4 heteroatoms. The summed E-state index contributed by atoms with van der Waals surface area (Å²) in [4.78, 5) is 12.1. The van der Waals surface area contributed by atoms with Crippen LogP contribution in [-0.2, 0) is 0 Å². The van der Waals surface area contributed by atoms with Crippen molar-refractivity contribution in [1.29, 1.82) is 0 Å². The number of furan rings is 1. The Balaban J connectivity index is 2.17. The predicted octanol–water partition coefficient (Wildman–Crippen LogP) is 4.04. The molecule has 1 heterocycles. The van der Waals surface area contributed by atoms with Crippen LogP contribution in [0.1, 0.15) is 40.0 Å². The Bertz CT molecular complexity index is 604. The Hall–Kier alpha value is -1.74. The predicted molar refractivity (Wildman–Crippen MR) is 75.5 cm³/mol. The van der Waals surface area contributed by atoms with Crippen molar-refractivity contribution in [2.45, 2.75) is 26.8 Å². The van der Waals surface area contributed by atoms with E-state index >= 15 is 0 Å². The Labute approximate surface area is 117 Å². The molecule has 0 fully saturated rings. The summed E-state index contributed by atoms with van der Waals surface area (Å²) in [6, 6.07) is 7.67. The zero-order valence-electron chi connectivity index (χ0n) is 11.2. The van der Waals surface area contributed by atoms with Crippen LogP contribution in [0.5, 0.6) is 0 Å². The van der Waals surface area contributed by atoms with Crippen molar-refractivity contribution in [2.24, 2.45) is 0 Å². The molecule has 1 atom stereocenters. The summed E-state index contributed by atoms with van der Waals surface area (Å²) in [5.74, 6) is -0.229. The van der Waals surface area contributed by atoms with Crippen LogP contribution in [0.25, 0.3) is 0 Å². The van der Waals surface area contributed by atoms with Gasteiger partial charge in [0.15, 0.2) is 0 Å². The van der Waals surface area contributed by atoms with Crippen molar-refractivity contribution in [2.75, 3.05) is 0 Å². The van der Waals surface area contributed by atoms with Crippen molar-refractivity contribution < 1.29 is 9.21 Å². The molecule has 0 bridgehead atoms. The van der Waals surface area contributed by atoms with Gasteiger partial charge in [0, 0.05) is 0 Å². The average molecular weight is 278 g/mol. The first-order valence-corrected chi connectivity index (χ1v) is 6.48. The van der Waals surface area contributed by atoms with Crippen LogP contribution >= 0.6 is 11.6 Å². The number of halogens is 1. The van der Waals surface area contributed by atoms with Gasteiger partial charge in [0.2, 0.25) is 5.22 Å². The molecule has 0 aliphatic carbocycles. The van der Waals surface area contributed by atoms with E-state index in [1.54, 1.807) is 6.07 Å². The minimum absolute atomic E-state index is 0.0848. The van der Waals surface area contributed by atoms with E-state index in [4.69, 9.17) is 16.0 Å². The highest BCUT2D eigenvalue weighted by atomic mass is 35.5. The molecule has 2 aromatic rings. The maximum absolute atomic E-state index is 12.1. The Morgan fingerprint density at radius 3 is 2.68 bits per heavy atom. The highest BCUT2D eigenvalue weighted by molar-refractivity contribution is 6.32. The van der Waals surface area contributed by atoms with Crippen LogP contribution in [0.2, 0.25) is 5.22 Å². The zero-order chi connectivity index (χ0) is 14.0. The van der Waals surface area contributed by atoms with E-state index in [0.29, 0.717) is 5.56 Å². The summed E-state index contributed by atoms with van der Waals surface area (Å²) in [5, 5.41) is 3.04. The second-order valence-electron chi connectivity index (χ2n) is 4.66. The summed E-state index contributed by atoms with van der Waals surface area (Å²) >= 11 is 5.79. The third-order valence-corrected chi connectivity index (χ3v) is 3.40. The maximum Gasteiger partial charge on any atom is 0.256 e. The molecule has 3 nitrogen and oxygen atoms in total. The van der Waals surface area contributed by atoms with Crippen LogP contribution < -0.4 is 5.32 Å². The minimum atomic E-state index is -0.229. The van der Waals surface area contributed by atoms with Gasteiger partial charge in [-0.3, -0.25) is 4.79 Å². The first kappa shape index (κ1) is 13.7. The van der Waals surface area contributed by atoms with Crippen molar-refractivity contribution in [3.05, 3.63) is 58.0 Å². The lowest BCUT2D eigenvalue weighted by Gasteiger charge is -2.17. The van der Waals surface area contributed by atoms with Gasteiger partial charge in [-0.25, -0.2) is 0 Å². The molecule has 100 valence electrons. The standard InChI is InChI=1S/C15H16ClNO2/c1-9-4-5-10(2)13(8-9)11(3)17-15(18)12-6-7-19-14(12)16/h4-8,11H,1-3H3,(H,17,18). The summed E-state index contributed by atoms with van der Waals surface area (Å²) in [7, 11) is 0. The van der Waals surface area contributed by atoms with Crippen LogP contribution in [-0.4, -0.2) is 5.91 Å². The SMILES string of the molecule is Cc1ccc(C)c(C(C)NC(=O)c2ccoc2Cl)c1. The molecule has 2 rings (SSSR count).